The molecule has 1 unspecified atom stereocenters. The Bertz CT molecular complexity index is 320. The van der Waals surface area contributed by atoms with Gasteiger partial charge in [0.15, 0.2) is 0 Å². The summed E-state index contributed by atoms with van der Waals surface area (Å²) < 4.78 is 2.06. The van der Waals surface area contributed by atoms with Gasteiger partial charge >= 0.3 is 0 Å². The minimum absolute atomic E-state index is 0.540. The van der Waals surface area contributed by atoms with Gasteiger partial charge in [0.25, 0.3) is 0 Å². The molecule has 2 rings (SSSR count). The van der Waals surface area contributed by atoms with E-state index in [1.54, 1.807) is 0 Å². The van der Waals surface area contributed by atoms with Crippen LogP contribution in [-0.2, 0) is 13.0 Å². The maximum atomic E-state index is 6.02. The van der Waals surface area contributed by atoms with E-state index in [1.165, 1.54) is 25.0 Å². The number of hydrogen-bond donors (Lipinski definition) is 0. The Hall–Kier alpha value is -0.220. The number of hydrogen-bond acceptors (Lipinski definition) is 3. The first-order chi connectivity index (χ1) is 7.31. The van der Waals surface area contributed by atoms with Crippen molar-refractivity contribution in [3.05, 3.63) is 11.1 Å². The second-order valence-electron chi connectivity index (χ2n) is 3.84. The van der Waals surface area contributed by atoms with Crippen molar-refractivity contribution in [2.75, 3.05) is 5.75 Å². The molecule has 5 heteroatoms. The lowest BCUT2D eigenvalue weighted by Crippen LogP contribution is -2.18. The minimum Gasteiger partial charge on any atom is -0.301 e. The molecule has 0 aromatic carbocycles. The smallest absolute Gasteiger partial charge is 0.225 e. The van der Waals surface area contributed by atoms with Crippen LogP contribution in [0.3, 0.4) is 0 Å². The maximum Gasteiger partial charge on any atom is 0.225 e. The van der Waals surface area contributed by atoms with Crippen molar-refractivity contribution in [2.45, 2.75) is 44.4 Å². The molecule has 1 aliphatic heterocycles. The van der Waals surface area contributed by atoms with Gasteiger partial charge in [-0.05, 0) is 30.2 Å². The first-order valence-corrected chi connectivity index (χ1v) is 6.93. The summed E-state index contributed by atoms with van der Waals surface area (Å²) in [5, 5.41) is 9.23. The Balaban J connectivity index is 2.04. The standard InChI is InChI=1S/C10H16ClN3S/c1-2-9-12-13-10(11)14(9)7-8-5-3-4-6-15-8/h8H,2-7H2,1H3. The molecular formula is C10H16ClN3S. The lowest BCUT2D eigenvalue weighted by molar-refractivity contribution is 0.568. The zero-order valence-corrected chi connectivity index (χ0v) is 10.5. The zero-order chi connectivity index (χ0) is 10.7. The van der Waals surface area contributed by atoms with E-state index in [9.17, 15) is 0 Å². The highest BCUT2D eigenvalue weighted by Crippen LogP contribution is 2.27. The molecule has 0 saturated carbocycles. The Kier molecular flexibility index (Phi) is 3.92. The average molecular weight is 246 g/mol. The van der Waals surface area contributed by atoms with Gasteiger partial charge < -0.3 is 4.57 Å². The van der Waals surface area contributed by atoms with Crippen LogP contribution in [0.5, 0.6) is 0 Å². The third-order valence-corrected chi connectivity index (χ3v) is 4.42. The second-order valence-corrected chi connectivity index (χ2v) is 5.58. The van der Waals surface area contributed by atoms with Gasteiger partial charge in [0.1, 0.15) is 5.82 Å². The number of halogens is 1. The number of rotatable bonds is 3. The summed E-state index contributed by atoms with van der Waals surface area (Å²) in [6, 6.07) is 0. The molecular weight excluding hydrogens is 230 g/mol. The van der Waals surface area contributed by atoms with Gasteiger partial charge in [-0.15, -0.1) is 10.2 Å². The summed E-state index contributed by atoms with van der Waals surface area (Å²) in [6.45, 7) is 3.06. The normalized spacial score (nSPS) is 21.9. The van der Waals surface area contributed by atoms with Crippen molar-refractivity contribution in [3.8, 4) is 0 Å². The molecule has 0 aliphatic carbocycles. The van der Waals surface area contributed by atoms with Gasteiger partial charge in [-0.1, -0.05) is 13.3 Å². The van der Waals surface area contributed by atoms with E-state index in [-0.39, 0.29) is 0 Å². The largest absolute Gasteiger partial charge is 0.301 e. The van der Waals surface area contributed by atoms with Crippen LogP contribution in [0.1, 0.15) is 32.0 Å². The number of thioether (sulfide) groups is 1. The van der Waals surface area contributed by atoms with Crippen LogP contribution in [0.4, 0.5) is 0 Å². The number of aromatic nitrogens is 3. The van der Waals surface area contributed by atoms with Crippen molar-refractivity contribution in [2.24, 2.45) is 0 Å². The summed E-state index contributed by atoms with van der Waals surface area (Å²) in [4.78, 5) is 0. The van der Waals surface area contributed by atoms with E-state index in [4.69, 9.17) is 11.6 Å². The third-order valence-electron chi connectivity index (χ3n) is 2.76. The van der Waals surface area contributed by atoms with E-state index >= 15 is 0 Å². The quantitative estimate of drug-likeness (QED) is 0.821. The molecule has 3 nitrogen and oxygen atoms in total. The number of nitrogens with zero attached hydrogens (tertiary/aromatic N) is 3. The third kappa shape index (κ3) is 2.67. The predicted octanol–water partition coefficient (Wildman–Crippen LogP) is 2.78. The summed E-state index contributed by atoms with van der Waals surface area (Å²) in [7, 11) is 0. The summed E-state index contributed by atoms with van der Waals surface area (Å²) >= 11 is 8.08. The molecule has 0 N–H and O–H groups in total. The van der Waals surface area contributed by atoms with Crippen molar-refractivity contribution < 1.29 is 0 Å². The van der Waals surface area contributed by atoms with Crippen LogP contribution in [0.25, 0.3) is 0 Å². The molecule has 2 heterocycles. The van der Waals surface area contributed by atoms with Crippen LogP contribution in [0.15, 0.2) is 0 Å². The summed E-state index contributed by atoms with van der Waals surface area (Å²) in [5.41, 5.74) is 0. The molecule has 84 valence electrons. The molecule has 1 aromatic heterocycles. The summed E-state index contributed by atoms with van der Waals surface area (Å²) in [5.74, 6) is 2.29. The molecule has 1 aromatic rings. The molecule has 1 atom stereocenters. The van der Waals surface area contributed by atoms with Gasteiger partial charge in [-0.2, -0.15) is 11.8 Å². The molecule has 1 saturated heterocycles. The fourth-order valence-electron chi connectivity index (χ4n) is 1.91. The highest BCUT2D eigenvalue weighted by molar-refractivity contribution is 7.99. The first-order valence-electron chi connectivity index (χ1n) is 5.50. The molecule has 1 fully saturated rings. The topological polar surface area (TPSA) is 30.7 Å². The maximum absolute atomic E-state index is 6.02. The van der Waals surface area contributed by atoms with E-state index in [0.717, 1.165) is 18.8 Å². The molecule has 0 amide bonds. The van der Waals surface area contributed by atoms with Crippen molar-refractivity contribution in [3.63, 3.8) is 0 Å². The SMILES string of the molecule is CCc1nnc(Cl)n1CC1CCCCS1. The van der Waals surface area contributed by atoms with Crippen molar-refractivity contribution in [1.82, 2.24) is 14.8 Å². The van der Waals surface area contributed by atoms with Gasteiger partial charge in [0, 0.05) is 18.2 Å². The van der Waals surface area contributed by atoms with Gasteiger partial charge in [-0.25, -0.2) is 0 Å². The highest BCUT2D eigenvalue weighted by atomic mass is 35.5. The van der Waals surface area contributed by atoms with Crippen LogP contribution in [0, 0.1) is 0 Å². The predicted molar refractivity (Wildman–Crippen MR) is 64.5 cm³/mol. The fourth-order valence-corrected chi connectivity index (χ4v) is 3.41. The Morgan fingerprint density at radius 2 is 2.33 bits per heavy atom. The molecule has 0 spiro atoms. The lowest BCUT2D eigenvalue weighted by atomic mass is 10.2. The molecule has 15 heavy (non-hydrogen) atoms. The Morgan fingerprint density at radius 1 is 1.47 bits per heavy atom. The van der Waals surface area contributed by atoms with Gasteiger partial charge in [0.05, 0.1) is 0 Å². The Morgan fingerprint density at radius 3 is 3.00 bits per heavy atom. The zero-order valence-electron chi connectivity index (χ0n) is 8.95. The molecule has 1 aliphatic rings. The number of aryl methyl sites for hydroxylation is 1. The highest BCUT2D eigenvalue weighted by Gasteiger charge is 2.17. The van der Waals surface area contributed by atoms with Crippen molar-refractivity contribution >= 4 is 23.4 Å². The molecule has 0 bridgehead atoms. The summed E-state index contributed by atoms with van der Waals surface area (Å²) in [6.07, 6.45) is 4.90. The van der Waals surface area contributed by atoms with E-state index in [1.807, 2.05) is 0 Å². The fraction of sp³-hybridized carbons (Fsp3) is 0.800. The van der Waals surface area contributed by atoms with Crippen molar-refractivity contribution in [1.29, 1.82) is 0 Å². The van der Waals surface area contributed by atoms with E-state index in [0.29, 0.717) is 10.5 Å². The van der Waals surface area contributed by atoms with Gasteiger partial charge in [0.2, 0.25) is 5.28 Å². The minimum atomic E-state index is 0.540. The van der Waals surface area contributed by atoms with Crippen LogP contribution < -0.4 is 0 Å². The second kappa shape index (κ2) is 5.21. The monoisotopic (exact) mass is 245 g/mol. The van der Waals surface area contributed by atoms with Gasteiger partial charge in [-0.3, -0.25) is 0 Å². The van der Waals surface area contributed by atoms with Crippen LogP contribution >= 0.6 is 23.4 Å². The average Bonchev–Trinajstić information content (AvgIpc) is 2.62. The van der Waals surface area contributed by atoms with E-state index < -0.39 is 0 Å². The lowest BCUT2D eigenvalue weighted by Gasteiger charge is -2.22. The molecule has 0 radical (unpaired) electrons. The van der Waals surface area contributed by atoms with E-state index in [2.05, 4.69) is 33.5 Å². The van der Waals surface area contributed by atoms with Crippen LogP contribution in [0.2, 0.25) is 5.28 Å². The van der Waals surface area contributed by atoms with Crippen LogP contribution in [-0.4, -0.2) is 25.8 Å². The first kappa shape index (κ1) is 11.3. The Labute approximate surface area is 99.6 Å².